The van der Waals surface area contributed by atoms with Crippen LogP contribution in [0.4, 0.5) is 13.2 Å². The van der Waals surface area contributed by atoms with Crippen LogP contribution in [0.15, 0.2) is 59.7 Å². The van der Waals surface area contributed by atoms with Crippen LogP contribution in [0.1, 0.15) is 17.3 Å². The molecule has 0 amide bonds. The molecular formula is C14H11F3N2. The van der Waals surface area contributed by atoms with E-state index in [4.69, 9.17) is 0 Å². The van der Waals surface area contributed by atoms with E-state index in [9.17, 15) is 13.2 Å². The standard InChI is InChI=1S/C14H11F3N2/c15-14(16,17)13(11-6-2-1-3-7-11)19-10-12-8-4-5-9-18-12/h1-10,13H. The molecule has 0 spiro atoms. The molecule has 0 aliphatic carbocycles. The van der Waals surface area contributed by atoms with Crippen molar-refractivity contribution < 1.29 is 13.2 Å². The predicted octanol–water partition coefficient (Wildman–Crippen LogP) is 3.80. The Morgan fingerprint density at radius 2 is 1.68 bits per heavy atom. The van der Waals surface area contributed by atoms with Gasteiger partial charge in [0.05, 0.1) is 5.69 Å². The third-order valence-electron chi connectivity index (χ3n) is 2.47. The summed E-state index contributed by atoms with van der Waals surface area (Å²) in [6, 6.07) is 10.7. The molecule has 5 heteroatoms. The SMILES string of the molecule is FC(F)(F)C(N=Cc1ccccn1)c1ccccc1. The van der Waals surface area contributed by atoms with E-state index in [0.717, 1.165) is 6.21 Å². The molecule has 2 nitrogen and oxygen atoms in total. The van der Waals surface area contributed by atoms with E-state index in [-0.39, 0.29) is 5.56 Å². The summed E-state index contributed by atoms with van der Waals surface area (Å²) >= 11 is 0. The summed E-state index contributed by atoms with van der Waals surface area (Å²) in [7, 11) is 0. The molecule has 0 N–H and O–H groups in total. The number of aliphatic imine (C=N–C) groups is 1. The fourth-order valence-electron chi connectivity index (χ4n) is 1.60. The maximum atomic E-state index is 13.0. The molecule has 0 saturated carbocycles. The fraction of sp³-hybridized carbons (Fsp3) is 0.143. The van der Waals surface area contributed by atoms with Crippen LogP contribution in [0.3, 0.4) is 0 Å². The first-order valence-corrected chi connectivity index (χ1v) is 5.63. The minimum Gasteiger partial charge on any atom is -0.273 e. The van der Waals surface area contributed by atoms with E-state index in [2.05, 4.69) is 9.98 Å². The number of hydrogen-bond donors (Lipinski definition) is 0. The number of alkyl halides is 3. The molecule has 0 radical (unpaired) electrons. The molecule has 19 heavy (non-hydrogen) atoms. The van der Waals surface area contributed by atoms with Crippen molar-refractivity contribution in [3.05, 3.63) is 66.0 Å². The number of halogens is 3. The monoisotopic (exact) mass is 264 g/mol. The van der Waals surface area contributed by atoms with Crippen LogP contribution in [-0.2, 0) is 0 Å². The Hall–Kier alpha value is -2.17. The smallest absolute Gasteiger partial charge is 0.273 e. The maximum Gasteiger partial charge on any atom is 0.414 e. The van der Waals surface area contributed by atoms with Gasteiger partial charge in [-0.05, 0) is 17.7 Å². The Balaban J connectivity index is 2.28. The van der Waals surface area contributed by atoms with Crippen molar-refractivity contribution in [3.63, 3.8) is 0 Å². The van der Waals surface area contributed by atoms with Crippen LogP contribution < -0.4 is 0 Å². The second-order valence-corrected chi connectivity index (χ2v) is 3.89. The summed E-state index contributed by atoms with van der Waals surface area (Å²) in [4.78, 5) is 7.53. The lowest BCUT2D eigenvalue weighted by Gasteiger charge is -2.16. The minimum absolute atomic E-state index is 0.113. The average molecular weight is 264 g/mol. The lowest BCUT2D eigenvalue weighted by Crippen LogP contribution is -2.19. The summed E-state index contributed by atoms with van der Waals surface area (Å²) in [6.07, 6.45) is -1.77. The van der Waals surface area contributed by atoms with Gasteiger partial charge < -0.3 is 0 Å². The van der Waals surface area contributed by atoms with E-state index in [1.807, 2.05) is 0 Å². The first-order chi connectivity index (χ1) is 9.07. The van der Waals surface area contributed by atoms with E-state index in [1.165, 1.54) is 18.3 Å². The summed E-state index contributed by atoms with van der Waals surface area (Å²) in [6.45, 7) is 0. The highest BCUT2D eigenvalue weighted by Crippen LogP contribution is 2.35. The van der Waals surface area contributed by atoms with Gasteiger partial charge in [0.1, 0.15) is 0 Å². The molecule has 98 valence electrons. The summed E-state index contributed by atoms with van der Waals surface area (Å²) in [5.74, 6) is 0. The van der Waals surface area contributed by atoms with Gasteiger partial charge in [0, 0.05) is 12.4 Å². The van der Waals surface area contributed by atoms with Gasteiger partial charge in [-0.25, -0.2) is 0 Å². The van der Waals surface area contributed by atoms with Gasteiger partial charge in [-0.1, -0.05) is 36.4 Å². The van der Waals surface area contributed by atoms with Gasteiger partial charge in [0.25, 0.3) is 0 Å². The molecule has 1 unspecified atom stereocenters. The lowest BCUT2D eigenvalue weighted by atomic mass is 10.1. The summed E-state index contributed by atoms with van der Waals surface area (Å²) in [5, 5.41) is 0. The molecule has 0 aliphatic rings. The number of rotatable bonds is 3. The van der Waals surface area contributed by atoms with Crippen LogP contribution in [-0.4, -0.2) is 17.4 Å². The van der Waals surface area contributed by atoms with E-state index >= 15 is 0 Å². The van der Waals surface area contributed by atoms with Crippen molar-refractivity contribution in [2.75, 3.05) is 0 Å². The van der Waals surface area contributed by atoms with Crippen molar-refractivity contribution in [1.29, 1.82) is 0 Å². The van der Waals surface area contributed by atoms with Gasteiger partial charge in [-0.3, -0.25) is 9.98 Å². The predicted molar refractivity (Wildman–Crippen MR) is 67.1 cm³/mol. The van der Waals surface area contributed by atoms with Gasteiger partial charge in [-0.2, -0.15) is 13.2 Å². The first kappa shape index (κ1) is 13.3. The van der Waals surface area contributed by atoms with E-state index in [0.29, 0.717) is 5.69 Å². The zero-order chi connectivity index (χ0) is 13.7. The van der Waals surface area contributed by atoms with Crippen LogP contribution in [0.5, 0.6) is 0 Å². The maximum absolute atomic E-state index is 13.0. The van der Waals surface area contributed by atoms with E-state index in [1.54, 1.807) is 36.4 Å². The third kappa shape index (κ3) is 3.64. The highest BCUT2D eigenvalue weighted by molar-refractivity contribution is 5.77. The number of nitrogens with zero attached hydrogens (tertiary/aromatic N) is 2. The largest absolute Gasteiger partial charge is 0.414 e. The van der Waals surface area contributed by atoms with Crippen molar-refractivity contribution in [1.82, 2.24) is 4.98 Å². The zero-order valence-corrected chi connectivity index (χ0v) is 9.88. The molecule has 1 atom stereocenters. The van der Waals surface area contributed by atoms with Crippen molar-refractivity contribution >= 4 is 6.21 Å². The summed E-state index contributed by atoms with van der Waals surface area (Å²) in [5.41, 5.74) is 0.509. The number of aromatic nitrogens is 1. The topological polar surface area (TPSA) is 25.2 Å². The summed E-state index contributed by atoms with van der Waals surface area (Å²) < 4.78 is 38.9. The van der Waals surface area contributed by atoms with Gasteiger partial charge >= 0.3 is 6.18 Å². The van der Waals surface area contributed by atoms with Crippen LogP contribution in [0.2, 0.25) is 0 Å². The highest BCUT2D eigenvalue weighted by atomic mass is 19.4. The van der Waals surface area contributed by atoms with Crippen LogP contribution in [0.25, 0.3) is 0 Å². The Labute approximate surface area is 108 Å². The molecule has 1 heterocycles. The molecule has 0 bridgehead atoms. The molecule has 2 aromatic rings. The Bertz CT molecular complexity index is 536. The van der Waals surface area contributed by atoms with Gasteiger partial charge in [-0.15, -0.1) is 0 Å². The molecule has 0 fully saturated rings. The lowest BCUT2D eigenvalue weighted by molar-refractivity contribution is -0.148. The quantitative estimate of drug-likeness (QED) is 0.774. The average Bonchev–Trinajstić information content (AvgIpc) is 2.40. The van der Waals surface area contributed by atoms with Crippen molar-refractivity contribution in [2.45, 2.75) is 12.2 Å². The normalized spacial score (nSPS) is 13.6. The number of benzene rings is 1. The van der Waals surface area contributed by atoms with E-state index < -0.39 is 12.2 Å². The molecule has 2 rings (SSSR count). The fourth-order valence-corrected chi connectivity index (χ4v) is 1.60. The number of pyridine rings is 1. The van der Waals surface area contributed by atoms with Gasteiger partial charge in [0.2, 0.25) is 0 Å². The molecule has 0 saturated heterocycles. The molecule has 0 aliphatic heterocycles. The first-order valence-electron chi connectivity index (χ1n) is 5.63. The Kier molecular flexibility index (Phi) is 3.94. The minimum atomic E-state index is -4.42. The molecular weight excluding hydrogens is 253 g/mol. The number of hydrogen-bond acceptors (Lipinski definition) is 2. The second-order valence-electron chi connectivity index (χ2n) is 3.89. The van der Waals surface area contributed by atoms with Gasteiger partial charge in [0.15, 0.2) is 6.04 Å². The molecule has 1 aromatic heterocycles. The second kappa shape index (κ2) is 5.65. The third-order valence-corrected chi connectivity index (χ3v) is 2.47. The van der Waals surface area contributed by atoms with Crippen molar-refractivity contribution in [3.8, 4) is 0 Å². The highest BCUT2D eigenvalue weighted by Gasteiger charge is 2.40. The Morgan fingerprint density at radius 3 is 2.26 bits per heavy atom. The van der Waals surface area contributed by atoms with Crippen LogP contribution >= 0.6 is 0 Å². The van der Waals surface area contributed by atoms with Crippen LogP contribution in [0, 0.1) is 0 Å². The zero-order valence-electron chi connectivity index (χ0n) is 9.88. The van der Waals surface area contributed by atoms with Crippen molar-refractivity contribution in [2.24, 2.45) is 4.99 Å². The Morgan fingerprint density at radius 1 is 1.00 bits per heavy atom. The molecule has 1 aromatic carbocycles.